The molecule has 2 aliphatic carbocycles. The zero-order chi connectivity index (χ0) is 24.7. The van der Waals surface area contributed by atoms with Gasteiger partial charge in [-0.15, -0.1) is 0 Å². The van der Waals surface area contributed by atoms with Gasteiger partial charge in [0.25, 0.3) is 5.91 Å². The number of nitrogens with one attached hydrogen (secondary N) is 1. The van der Waals surface area contributed by atoms with E-state index in [1.54, 1.807) is 6.07 Å². The maximum Gasteiger partial charge on any atom is 0.267 e. The van der Waals surface area contributed by atoms with Crippen molar-refractivity contribution in [2.75, 3.05) is 13.1 Å². The number of halogens is 3. The van der Waals surface area contributed by atoms with Crippen molar-refractivity contribution >= 4 is 39.1 Å². The first kappa shape index (κ1) is 24.8. The average molecular weight is 541 g/mol. The van der Waals surface area contributed by atoms with E-state index in [2.05, 4.69) is 4.90 Å². The highest BCUT2D eigenvalue weighted by atomic mass is 35.5. The van der Waals surface area contributed by atoms with Gasteiger partial charge in [-0.2, -0.15) is 0 Å². The van der Waals surface area contributed by atoms with Gasteiger partial charge in [-0.3, -0.25) is 9.69 Å². The van der Waals surface area contributed by atoms with Crippen molar-refractivity contribution in [3.05, 3.63) is 62.9 Å². The van der Waals surface area contributed by atoms with Crippen LogP contribution in [0.4, 0.5) is 4.39 Å². The van der Waals surface area contributed by atoms with Crippen molar-refractivity contribution in [3.8, 4) is 5.75 Å². The lowest BCUT2D eigenvalue weighted by atomic mass is 10.0. The van der Waals surface area contributed by atoms with Crippen LogP contribution in [0.1, 0.15) is 65.9 Å². The molecule has 0 spiro atoms. The van der Waals surface area contributed by atoms with Crippen molar-refractivity contribution in [2.45, 2.75) is 62.3 Å². The van der Waals surface area contributed by atoms with Gasteiger partial charge in [-0.25, -0.2) is 17.5 Å². The van der Waals surface area contributed by atoms with Crippen molar-refractivity contribution in [2.24, 2.45) is 0 Å². The largest absolute Gasteiger partial charge is 0.489 e. The molecule has 6 nitrogen and oxygen atoms in total. The number of hydrogen-bond acceptors (Lipinski definition) is 5. The quantitative estimate of drug-likeness (QED) is 0.493. The van der Waals surface area contributed by atoms with Crippen LogP contribution in [0.15, 0.2) is 30.3 Å². The number of carbonyl (C=O) groups is 1. The van der Waals surface area contributed by atoms with Gasteiger partial charge < -0.3 is 4.74 Å². The lowest BCUT2D eigenvalue weighted by molar-refractivity contribution is 0.0832. The van der Waals surface area contributed by atoms with Crippen molar-refractivity contribution in [1.29, 1.82) is 0 Å². The Bertz CT molecular complexity index is 1230. The predicted octanol–water partition coefficient (Wildman–Crippen LogP) is 5.28. The molecule has 1 saturated heterocycles. The number of likely N-dealkylation sites (tertiary alicyclic amines) is 1. The molecular weight excluding hydrogens is 514 g/mol. The van der Waals surface area contributed by atoms with Crippen LogP contribution in [0.25, 0.3) is 0 Å². The zero-order valence-electron chi connectivity index (χ0n) is 19.1. The highest BCUT2D eigenvalue weighted by Gasteiger charge is 2.38. The normalized spacial score (nSPS) is 21.1. The first-order valence-corrected chi connectivity index (χ1v) is 14.2. The molecule has 188 valence electrons. The third-order valence-electron chi connectivity index (χ3n) is 6.64. The van der Waals surface area contributed by atoms with Crippen LogP contribution in [0.2, 0.25) is 10.0 Å². The second-order valence-corrected chi connectivity index (χ2v) is 12.5. The summed E-state index contributed by atoms with van der Waals surface area (Å²) in [5, 5.41) is 0.629. The van der Waals surface area contributed by atoms with E-state index in [-0.39, 0.29) is 17.6 Å². The Morgan fingerprint density at radius 3 is 2.43 bits per heavy atom. The smallest absolute Gasteiger partial charge is 0.267 e. The summed E-state index contributed by atoms with van der Waals surface area (Å²) in [4.78, 5) is 14.8. The van der Waals surface area contributed by atoms with E-state index >= 15 is 0 Å². The molecule has 1 amide bonds. The second-order valence-electron chi connectivity index (χ2n) is 9.71. The number of benzene rings is 2. The average Bonchev–Trinajstić information content (AvgIpc) is 3.66. The third-order valence-corrected chi connectivity index (χ3v) is 8.90. The van der Waals surface area contributed by atoms with Crippen LogP contribution in [0.5, 0.6) is 5.75 Å². The first-order chi connectivity index (χ1) is 16.7. The monoisotopic (exact) mass is 540 g/mol. The fourth-order valence-corrected chi connectivity index (χ4v) is 6.46. The van der Waals surface area contributed by atoms with Crippen molar-refractivity contribution in [3.63, 3.8) is 0 Å². The molecule has 0 aromatic heterocycles. The Labute approximate surface area is 214 Å². The number of carbonyl (C=O) groups excluding carboxylic acids is 1. The van der Waals surface area contributed by atoms with Gasteiger partial charge in [-0.1, -0.05) is 23.2 Å². The summed E-state index contributed by atoms with van der Waals surface area (Å²) in [5.74, 6) is -1.09. The van der Waals surface area contributed by atoms with Crippen LogP contribution < -0.4 is 9.46 Å². The molecule has 0 bridgehead atoms. The van der Waals surface area contributed by atoms with Gasteiger partial charge >= 0.3 is 0 Å². The Kier molecular flexibility index (Phi) is 7.00. The molecule has 1 N–H and O–H groups in total. The Morgan fingerprint density at radius 1 is 1.06 bits per heavy atom. The summed E-state index contributed by atoms with van der Waals surface area (Å²) < 4.78 is 47.6. The minimum Gasteiger partial charge on any atom is -0.489 e. The molecule has 2 aromatic rings. The summed E-state index contributed by atoms with van der Waals surface area (Å²) in [6, 6.07) is 8.20. The molecule has 2 saturated carbocycles. The maximum atomic E-state index is 15.0. The lowest BCUT2D eigenvalue weighted by Gasteiger charge is -2.33. The minimum absolute atomic E-state index is 0.134. The third kappa shape index (κ3) is 6.10. The number of amides is 1. The minimum atomic E-state index is -3.76. The van der Waals surface area contributed by atoms with Crippen molar-refractivity contribution < 1.29 is 22.3 Å². The van der Waals surface area contributed by atoms with E-state index in [0.29, 0.717) is 41.7 Å². The van der Waals surface area contributed by atoms with Gasteiger partial charge in [0, 0.05) is 29.2 Å². The van der Waals surface area contributed by atoms with E-state index in [9.17, 15) is 17.6 Å². The van der Waals surface area contributed by atoms with Crippen LogP contribution in [0, 0.1) is 5.82 Å². The Hall–Kier alpha value is -1.87. The molecule has 35 heavy (non-hydrogen) atoms. The molecule has 3 aliphatic rings. The van der Waals surface area contributed by atoms with E-state index in [0.717, 1.165) is 43.4 Å². The van der Waals surface area contributed by atoms with E-state index in [4.69, 9.17) is 27.9 Å². The van der Waals surface area contributed by atoms with Gasteiger partial charge in [0.15, 0.2) is 0 Å². The topological polar surface area (TPSA) is 75.7 Å². The Morgan fingerprint density at radius 2 is 1.77 bits per heavy atom. The number of hydrogen-bond donors (Lipinski definition) is 1. The molecule has 2 aromatic carbocycles. The molecule has 3 fully saturated rings. The Balaban J connectivity index is 1.30. The number of piperidine rings is 1. The molecule has 1 unspecified atom stereocenters. The zero-order valence-corrected chi connectivity index (χ0v) is 21.4. The second kappa shape index (κ2) is 9.88. The highest BCUT2D eigenvalue weighted by molar-refractivity contribution is 7.91. The maximum absolute atomic E-state index is 15.0. The summed E-state index contributed by atoms with van der Waals surface area (Å²) in [7, 11) is -3.76. The number of ether oxygens (including phenoxy) is 1. The van der Waals surface area contributed by atoms with Crippen LogP contribution in [-0.2, 0) is 16.6 Å². The standard InChI is InChI=1S/C25H27Cl2FN2O4S/c26-17-8-15(9-18(27)10-17)13-30-7-1-2-19(14-30)34-24-12-23(28)22(11-21(24)16-3-4-16)25(31)29-35(32,33)20-5-6-20/h8-12,16,19-20H,1-7,13-14H2,(H,29,31). The van der Waals surface area contributed by atoms with Gasteiger partial charge in [-0.05, 0) is 86.4 Å². The van der Waals surface area contributed by atoms with Gasteiger partial charge in [0.1, 0.15) is 17.7 Å². The number of rotatable bonds is 8. The fraction of sp³-hybridized carbons (Fsp3) is 0.480. The van der Waals surface area contributed by atoms with E-state index in [1.807, 2.05) is 16.9 Å². The fourth-order valence-electron chi connectivity index (χ4n) is 4.60. The van der Waals surface area contributed by atoms with Gasteiger partial charge in [0.2, 0.25) is 10.0 Å². The lowest BCUT2D eigenvalue weighted by Crippen LogP contribution is -2.40. The predicted molar refractivity (Wildman–Crippen MR) is 133 cm³/mol. The SMILES string of the molecule is O=C(NS(=O)(=O)C1CC1)c1cc(C2CC2)c(OC2CCCN(Cc3cc(Cl)cc(Cl)c3)C2)cc1F. The molecule has 1 heterocycles. The van der Waals surface area contributed by atoms with Crippen LogP contribution in [0.3, 0.4) is 0 Å². The summed E-state index contributed by atoms with van der Waals surface area (Å²) >= 11 is 12.3. The molecular formula is C25H27Cl2FN2O4S. The van der Waals surface area contributed by atoms with Crippen LogP contribution in [-0.4, -0.2) is 43.7 Å². The molecule has 10 heteroatoms. The molecule has 0 radical (unpaired) electrons. The number of sulfonamides is 1. The number of nitrogens with zero attached hydrogens (tertiary/aromatic N) is 1. The summed E-state index contributed by atoms with van der Waals surface area (Å²) in [5.41, 5.74) is 1.52. The molecule has 1 atom stereocenters. The first-order valence-electron chi connectivity index (χ1n) is 11.9. The van der Waals surface area contributed by atoms with Crippen molar-refractivity contribution in [1.82, 2.24) is 9.62 Å². The molecule has 5 rings (SSSR count). The summed E-state index contributed by atoms with van der Waals surface area (Å²) in [6.45, 7) is 2.25. The van der Waals surface area contributed by atoms with E-state index in [1.165, 1.54) is 12.1 Å². The van der Waals surface area contributed by atoms with E-state index < -0.39 is 27.0 Å². The summed E-state index contributed by atoms with van der Waals surface area (Å²) in [6.07, 6.45) is 4.53. The molecule has 1 aliphatic heterocycles. The van der Waals surface area contributed by atoms with Crippen LogP contribution >= 0.6 is 23.2 Å². The van der Waals surface area contributed by atoms with Gasteiger partial charge in [0.05, 0.1) is 10.8 Å². The highest BCUT2D eigenvalue weighted by Crippen LogP contribution is 2.45.